The third-order valence-corrected chi connectivity index (χ3v) is 2.60. The first kappa shape index (κ1) is 14.8. The topological polar surface area (TPSA) is 58.3 Å². The summed E-state index contributed by atoms with van der Waals surface area (Å²) in [7, 11) is -1.42. The van der Waals surface area contributed by atoms with Gasteiger partial charge in [-0.2, -0.15) is 5.10 Å². The summed E-state index contributed by atoms with van der Waals surface area (Å²) >= 11 is 0. The molecular formula is C12H16BClN2O2. The summed E-state index contributed by atoms with van der Waals surface area (Å²) in [5, 5.41) is 22.4. The molecule has 1 aromatic carbocycles. The molecule has 6 heteroatoms. The van der Waals surface area contributed by atoms with Gasteiger partial charge in [-0.25, -0.2) is 0 Å². The van der Waals surface area contributed by atoms with Crippen molar-refractivity contribution in [3.05, 3.63) is 36.5 Å². The average molecular weight is 267 g/mol. The molecule has 0 spiro atoms. The maximum absolute atomic E-state index is 9.00. The van der Waals surface area contributed by atoms with Crippen molar-refractivity contribution in [3.8, 4) is 11.3 Å². The van der Waals surface area contributed by atoms with E-state index >= 15 is 0 Å². The van der Waals surface area contributed by atoms with Crippen LogP contribution in [0.5, 0.6) is 0 Å². The van der Waals surface area contributed by atoms with Gasteiger partial charge in [0.25, 0.3) is 0 Å². The lowest BCUT2D eigenvalue weighted by Crippen LogP contribution is -2.29. The van der Waals surface area contributed by atoms with Gasteiger partial charge in [0.15, 0.2) is 0 Å². The van der Waals surface area contributed by atoms with Gasteiger partial charge in [-0.3, -0.25) is 4.68 Å². The van der Waals surface area contributed by atoms with E-state index in [-0.39, 0.29) is 12.4 Å². The van der Waals surface area contributed by atoms with Crippen LogP contribution in [0, 0.1) is 0 Å². The first-order valence-electron chi connectivity index (χ1n) is 5.70. The quantitative estimate of drug-likeness (QED) is 0.814. The number of benzene rings is 1. The van der Waals surface area contributed by atoms with Gasteiger partial charge in [-0.1, -0.05) is 31.2 Å². The first-order valence-corrected chi connectivity index (χ1v) is 5.70. The van der Waals surface area contributed by atoms with E-state index in [0.29, 0.717) is 5.46 Å². The fourth-order valence-corrected chi connectivity index (χ4v) is 1.70. The largest absolute Gasteiger partial charge is 0.488 e. The molecule has 96 valence electrons. The van der Waals surface area contributed by atoms with Gasteiger partial charge >= 0.3 is 7.12 Å². The van der Waals surface area contributed by atoms with Crippen LogP contribution < -0.4 is 5.46 Å². The highest BCUT2D eigenvalue weighted by Gasteiger charge is 2.10. The maximum Gasteiger partial charge on any atom is 0.488 e. The predicted molar refractivity (Wildman–Crippen MR) is 75.0 cm³/mol. The summed E-state index contributed by atoms with van der Waals surface area (Å²) in [6.45, 7) is 3.02. The molecule has 0 bridgehead atoms. The molecule has 0 aliphatic carbocycles. The van der Waals surface area contributed by atoms with Crippen LogP contribution in [-0.4, -0.2) is 26.9 Å². The molecule has 0 atom stereocenters. The monoisotopic (exact) mass is 266 g/mol. The van der Waals surface area contributed by atoms with E-state index in [4.69, 9.17) is 10.0 Å². The van der Waals surface area contributed by atoms with E-state index in [1.807, 2.05) is 29.1 Å². The molecule has 1 heterocycles. The second-order valence-corrected chi connectivity index (χ2v) is 3.96. The zero-order chi connectivity index (χ0) is 12.3. The minimum absolute atomic E-state index is 0. The first-order chi connectivity index (χ1) is 8.20. The Labute approximate surface area is 113 Å². The number of nitrogens with zero attached hydrogens (tertiary/aromatic N) is 2. The molecule has 18 heavy (non-hydrogen) atoms. The van der Waals surface area contributed by atoms with Crippen molar-refractivity contribution in [2.24, 2.45) is 0 Å². The number of aryl methyl sites for hydroxylation is 1. The molecule has 0 unspecified atom stereocenters. The van der Waals surface area contributed by atoms with Gasteiger partial charge in [0, 0.05) is 18.3 Å². The molecule has 0 fully saturated rings. The SMILES string of the molecule is CCCn1ccc(-c2ccc(B(O)O)cc2)n1.Cl. The number of hydrogen-bond acceptors (Lipinski definition) is 3. The van der Waals surface area contributed by atoms with Crippen LogP contribution in [-0.2, 0) is 6.54 Å². The number of hydrogen-bond donors (Lipinski definition) is 2. The summed E-state index contributed by atoms with van der Waals surface area (Å²) in [5.74, 6) is 0. The molecule has 2 N–H and O–H groups in total. The summed E-state index contributed by atoms with van der Waals surface area (Å²) in [4.78, 5) is 0. The maximum atomic E-state index is 9.00. The second kappa shape index (κ2) is 6.59. The third-order valence-electron chi connectivity index (χ3n) is 2.60. The van der Waals surface area contributed by atoms with Crippen LogP contribution >= 0.6 is 12.4 Å². The van der Waals surface area contributed by atoms with Crippen molar-refractivity contribution in [1.29, 1.82) is 0 Å². The summed E-state index contributed by atoms with van der Waals surface area (Å²) < 4.78 is 1.91. The van der Waals surface area contributed by atoms with Crippen molar-refractivity contribution >= 4 is 25.0 Å². The third kappa shape index (κ3) is 3.35. The molecule has 0 saturated carbocycles. The van der Waals surface area contributed by atoms with E-state index in [0.717, 1.165) is 24.2 Å². The fourth-order valence-electron chi connectivity index (χ4n) is 1.70. The Morgan fingerprint density at radius 2 is 1.83 bits per heavy atom. The van der Waals surface area contributed by atoms with E-state index in [2.05, 4.69) is 12.0 Å². The Morgan fingerprint density at radius 3 is 2.39 bits per heavy atom. The molecule has 2 rings (SSSR count). The summed E-state index contributed by atoms with van der Waals surface area (Å²) in [5.41, 5.74) is 2.36. The average Bonchev–Trinajstić information content (AvgIpc) is 2.78. The van der Waals surface area contributed by atoms with Gasteiger partial charge in [-0.15, -0.1) is 12.4 Å². The van der Waals surface area contributed by atoms with Gasteiger partial charge in [-0.05, 0) is 17.9 Å². The molecule has 0 amide bonds. The minimum atomic E-state index is -1.42. The van der Waals surface area contributed by atoms with Crippen LogP contribution in [0.15, 0.2) is 36.5 Å². The van der Waals surface area contributed by atoms with Crippen LogP contribution in [0.25, 0.3) is 11.3 Å². The van der Waals surface area contributed by atoms with E-state index < -0.39 is 7.12 Å². The van der Waals surface area contributed by atoms with Crippen molar-refractivity contribution in [2.45, 2.75) is 19.9 Å². The fraction of sp³-hybridized carbons (Fsp3) is 0.250. The lowest BCUT2D eigenvalue weighted by molar-refractivity contribution is 0.426. The van der Waals surface area contributed by atoms with Crippen molar-refractivity contribution in [2.75, 3.05) is 0 Å². The van der Waals surface area contributed by atoms with Gasteiger partial charge in [0.2, 0.25) is 0 Å². The van der Waals surface area contributed by atoms with Crippen LogP contribution in [0.2, 0.25) is 0 Å². The molecule has 2 aromatic rings. The number of rotatable bonds is 4. The Bertz CT molecular complexity index is 485. The summed E-state index contributed by atoms with van der Waals surface area (Å²) in [6, 6.07) is 9.03. The van der Waals surface area contributed by atoms with Crippen LogP contribution in [0.4, 0.5) is 0 Å². The zero-order valence-corrected chi connectivity index (χ0v) is 11.0. The molecule has 4 nitrogen and oxygen atoms in total. The zero-order valence-electron chi connectivity index (χ0n) is 10.2. The Balaban J connectivity index is 0.00000162. The van der Waals surface area contributed by atoms with Crippen molar-refractivity contribution in [1.82, 2.24) is 9.78 Å². The number of halogens is 1. The predicted octanol–water partition coefficient (Wildman–Crippen LogP) is 1.06. The lowest BCUT2D eigenvalue weighted by Gasteiger charge is -2.01. The van der Waals surface area contributed by atoms with E-state index in [1.54, 1.807) is 12.1 Å². The van der Waals surface area contributed by atoms with Crippen molar-refractivity contribution < 1.29 is 10.0 Å². The molecule has 0 aliphatic rings. The molecule has 0 saturated heterocycles. The Hall–Kier alpha value is -1.30. The Kier molecular flexibility index (Phi) is 5.40. The number of aromatic nitrogens is 2. The molecule has 0 radical (unpaired) electrons. The lowest BCUT2D eigenvalue weighted by atomic mass is 9.80. The highest BCUT2D eigenvalue weighted by Crippen LogP contribution is 2.15. The highest BCUT2D eigenvalue weighted by atomic mass is 35.5. The van der Waals surface area contributed by atoms with Crippen LogP contribution in [0.3, 0.4) is 0 Å². The summed E-state index contributed by atoms with van der Waals surface area (Å²) in [6.07, 6.45) is 3.00. The molecule has 1 aromatic heterocycles. The minimum Gasteiger partial charge on any atom is -0.423 e. The van der Waals surface area contributed by atoms with Crippen molar-refractivity contribution in [3.63, 3.8) is 0 Å². The molecule has 0 aliphatic heterocycles. The van der Waals surface area contributed by atoms with Crippen LogP contribution in [0.1, 0.15) is 13.3 Å². The van der Waals surface area contributed by atoms with Gasteiger partial charge in [0.05, 0.1) is 5.69 Å². The molecular weight excluding hydrogens is 250 g/mol. The van der Waals surface area contributed by atoms with E-state index in [1.165, 1.54) is 0 Å². The Morgan fingerprint density at radius 1 is 1.17 bits per heavy atom. The highest BCUT2D eigenvalue weighted by molar-refractivity contribution is 6.58. The second-order valence-electron chi connectivity index (χ2n) is 3.96. The standard InChI is InChI=1S/C12H15BN2O2.ClH/c1-2-8-15-9-7-12(14-15)10-3-5-11(6-4-10)13(16)17;/h3-7,9,16-17H,2,8H2,1H3;1H. The smallest absolute Gasteiger partial charge is 0.423 e. The van der Waals surface area contributed by atoms with E-state index in [9.17, 15) is 0 Å². The normalized spacial score (nSPS) is 9.94. The van der Waals surface area contributed by atoms with Gasteiger partial charge in [0.1, 0.15) is 0 Å². The van der Waals surface area contributed by atoms with Gasteiger partial charge < -0.3 is 10.0 Å².